The Morgan fingerprint density at radius 2 is 1.79 bits per heavy atom. The zero-order valence-corrected chi connectivity index (χ0v) is 17.0. The van der Waals surface area contributed by atoms with Crippen LogP contribution in [0.3, 0.4) is 0 Å². The number of amides is 1. The molecular weight excluding hydrogens is 401 g/mol. The standard InChI is InChI=1S/C20H19ClFN3O4/c1-11-10-23-19(17-13(21)6-5-7-14(17)22)25(11)24-20(26)12-8-15(27-2)18(29-4)16(9-12)28-3/h5-10H,1-4H3,(H,24,26). The average molecular weight is 420 g/mol. The predicted molar refractivity (Wildman–Crippen MR) is 107 cm³/mol. The molecule has 152 valence electrons. The van der Waals surface area contributed by atoms with Crippen molar-refractivity contribution < 1.29 is 23.4 Å². The van der Waals surface area contributed by atoms with Crippen molar-refractivity contribution in [2.24, 2.45) is 0 Å². The summed E-state index contributed by atoms with van der Waals surface area (Å²) in [6.45, 7) is 1.72. The van der Waals surface area contributed by atoms with Crippen molar-refractivity contribution in [2.45, 2.75) is 6.92 Å². The van der Waals surface area contributed by atoms with Crippen LogP contribution in [-0.4, -0.2) is 36.9 Å². The van der Waals surface area contributed by atoms with Gasteiger partial charge in [0.25, 0.3) is 5.91 Å². The molecule has 9 heteroatoms. The minimum Gasteiger partial charge on any atom is -0.493 e. The molecular formula is C20H19ClFN3O4. The number of carbonyl (C=O) groups is 1. The lowest BCUT2D eigenvalue weighted by Crippen LogP contribution is -2.25. The Bertz CT molecular complexity index is 1020. The van der Waals surface area contributed by atoms with Crippen LogP contribution in [0.2, 0.25) is 5.02 Å². The van der Waals surface area contributed by atoms with E-state index in [0.717, 1.165) is 0 Å². The molecule has 0 radical (unpaired) electrons. The van der Waals surface area contributed by atoms with Gasteiger partial charge in [0.1, 0.15) is 5.82 Å². The van der Waals surface area contributed by atoms with Crippen LogP contribution in [0.5, 0.6) is 17.2 Å². The first-order chi connectivity index (χ1) is 13.9. The Hall–Kier alpha value is -3.26. The number of carbonyl (C=O) groups excluding carboxylic acids is 1. The number of hydrogen-bond acceptors (Lipinski definition) is 5. The van der Waals surface area contributed by atoms with Gasteiger partial charge in [-0.15, -0.1) is 0 Å². The summed E-state index contributed by atoms with van der Waals surface area (Å²) in [5.41, 5.74) is 3.63. The number of methoxy groups -OCH3 is 3. The first kappa shape index (κ1) is 20.5. The molecule has 1 N–H and O–H groups in total. The first-order valence-corrected chi connectivity index (χ1v) is 8.89. The predicted octanol–water partition coefficient (Wildman–Crippen LogP) is 4.06. The highest BCUT2D eigenvalue weighted by molar-refractivity contribution is 6.33. The van der Waals surface area contributed by atoms with E-state index in [1.807, 2.05) is 0 Å². The number of aromatic nitrogens is 2. The van der Waals surface area contributed by atoms with E-state index in [2.05, 4.69) is 10.4 Å². The normalized spacial score (nSPS) is 10.6. The van der Waals surface area contributed by atoms with Gasteiger partial charge in [-0.2, -0.15) is 0 Å². The van der Waals surface area contributed by atoms with Crippen molar-refractivity contribution in [3.8, 4) is 28.6 Å². The summed E-state index contributed by atoms with van der Waals surface area (Å²) in [6, 6.07) is 7.35. The number of nitrogens with zero attached hydrogens (tertiary/aromatic N) is 2. The van der Waals surface area contributed by atoms with Crippen molar-refractivity contribution in [2.75, 3.05) is 26.8 Å². The minimum absolute atomic E-state index is 0.0902. The second-order valence-corrected chi connectivity index (χ2v) is 6.42. The van der Waals surface area contributed by atoms with Crippen molar-refractivity contribution in [1.82, 2.24) is 9.66 Å². The number of benzene rings is 2. The van der Waals surface area contributed by atoms with Crippen LogP contribution in [-0.2, 0) is 0 Å². The molecule has 0 spiro atoms. The maximum absolute atomic E-state index is 14.4. The number of rotatable bonds is 6. The van der Waals surface area contributed by atoms with E-state index in [1.54, 1.807) is 13.0 Å². The van der Waals surface area contributed by atoms with Gasteiger partial charge in [0.05, 0.1) is 43.8 Å². The Balaban J connectivity index is 2.02. The van der Waals surface area contributed by atoms with Crippen LogP contribution in [0.25, 0.3) is 11.4 Å². The molecule has 1 heterocycles. The molecule has 1 amide bonds. The summed E-state index contributed by atoms with van der Waals surface area (Å²) < 4.78 is 31.6. The van der Waals surface area contributed by atoms with Crippen LogP contribution < -0.4 is 19.6 Å². The number of imidazole rings is 1. The molecule has 29 heavy (non-hydrogen) atoms. The summed E-state index contributed by atoms with van der Waals surface area (Å²) >= 11 is 6.16. The van der Waals surface area contributed by atoms with E-state index < -0.39 is 11.7 Å². The Morgan fingerprint density at radius 1 is 1.14 bits per heavy atom. The third kappa shape index (κ3) is 3.84. The molecule has 7 nitrogen and oxygen atoms in total. The Labute approximate surface area is 172 Å². The Kier molecular flexibility index (Phi) is 5.93. The van der Waals surface area contributed by atoms with E-state index in [4.69, 9.17) is 25.8 Å². The average Bonchev–Trinajstić information content (AvgIpc) is 3.06. The van der Waals surface area contributed by atoms with Gasteiger partial charge in [-0.05, 0) is 31.2 Å². The molecule has 2 aromatic carbocycles. The summed E-state index contributed by atoms with van der Waals surface area (Å²) in [7, 11) is 4.38. The van der Waals surface area contributed by atoms with Gasteiger partial charge >= 0.3 is 0 Å². The largest absolute Gasteiger partial charge is 0.493 e. The maximum atomic E-state index is 14.4. The van der Waals surface area contributed by atoms with Crippen LogP contribution in [0, 0.1) is 12.7 Å². The summed E-state index contributed by atoms with van der Waals surface area (Å²) in [5, 5.41) is 0.180. The van der Waals surface area contributed by atoms with E-state index >= 15 is 0 Å². The SMILES string of the molecule is COc1cc(C(=O)Nn2c(C)cnc2-c2c(F)cccc2Cl)cc(OC)c1OC. The van der Waals surface area contributed by atoms with E-state index in [1.165, 1.54) is 56.5 Å². The number of halogens is 2. The lowest BCUT2D eigenvalue weighted by Gasteiger charge is -2.16. The highest BCUT2D eigenvalue weighted by Gasteiger charge is 2.21. The maximum Gasteiger partial charge on any atom is 0.270 e. The van der Waals surface area contributed by atoms with Crippen molar-refractivity contribution in [3.63, 3.8) is 0 Å². The van der Waals surface area contributed by atoms with Gasteiger partial charge in [-0.25, -0.2) is 14.1 Å². The van der Waals surface area contributed by atoms with Crippen LogP contribution in [0.15, 0.2) is 36.5 Å². The lowest BCUT2D eigenvalue weighted by molar-refractivity contribution is 0.101. The number of nitrogens with one attached hydrogen (secondary N) is 1. The summed E-state index contributed by atoms with van der Waals surface area (Å²) in [5.74, 6) is 0.162. The van der Waals surface area contributed by atoms with Gasteiger partial charge in [-0.1, -0.05) is 17.7 Å². The third-order valence-corrected chi connectivity index (χ3v) is 4.58. The van der Waals surface area contributed by atoms with Gasteiger partial charge in [0, 0.05) is 5.56 Å². The third-order valence-electron chi connectivity index (χ3n) is 4.26. The first-order valence-electron chi connectivity index (χ1n) is 8.51. The molecule has 0 bridgehead atoms. The summed E-state index contributed by atoms with van der Waals surface area (Å²) in [6.07, 6.45) is 1.51. The number of hydrogen-bond donors (Lipinski definition) is 1. The van der Waals surface area contributed by atoms with E-state index in [-0.39, 0.29) is 22.0 Å². The van der Waals surface area contributed by atoms with Gasteiger partial charge in [-0.3, -0.25) is 10.2 Å². The van der Waals surface area contributed by atoms with Crippen LogP contribution in [0.4, 0.5) is 4.39 Å². The molecule has 1 aromatic heterocycles. The zero-order chi connectivity index (χ0) is 21.1. The molecule has 0 aliphatic heterocycles. The van der Waals surface area contributed by atoms with Crippen LogP contribution in [0.1, 0.15) is 16.1 Å². The second kappa shape index (κ2) is 8.40. The zero-order valence-electron chi connectivity index (χ0n) is 16.2. The molecule has 0 aliphatic rings. The smallest absolute Gasteiger partial charge is 0.270 e. The molecule has 0 unspecified atom stereocenters. The fourth-order valence-electron chi connectivity index (χ4n) is 2.84. The highest BCUT2D eigenvalue weighted by atomic mass is 35.5. The quantitative estimate of drug-likeness (QED) is 0.652. The molecule has 3 rings (SSSR count). The fourth-order valence-corrected chi connectivity index (χ4v) is 3.09. The van der Waals surface area contributed by atoms with Crippen molar-refractivity contribution in [1.29, 1.82) is 0 Å². The summed E-state index contributed by atoms with van der Waals surface area (Å²) in [4.78, 5) is 17.1. The van der Waals surface area contributed by atoms with Gasteiger partial charge < -0.3 is 14.2 Å². The molecule has 0 aliphatic carbocycles. The van der Waals surface area contributed by atoms with E-state index in [0.29, 0.717) is 22.9 Å². The van der Waals surface area contributed by atoms with Crippen LogP contribution >= 0.6 is 11.6 Å². The molecule has 0 saturated carbocycles. The fraction of sp³-hybridized carbons (Fsp3) is 0.200. The lowest BCUT2D eigenvalue weighted by atomic mass is 10.1. The monoisotopic (exact) mass is 419 g/mol. The number of aryl methyl sites for hydroxylation is 1. The second-order valence-electron chi connectivity index (χ2n) is 6.01. The Morgan fingerprint density at radius 3 is 2.34 bits per heavy atom. The van der Waals surface area contributed by atoms with E-state index in [9.17, 15) is 9.18 Å². The minimum atomic E-state index is -0.550. The van der Waals surface area contributed by atoms with Crippen molar-refractivity contribution in [3.05, 3.63) is 58.6 Å². The topological polar surface area (TPSA) is 74.6 Å². The van der Waals surface area contributed by atoms with Gasteiger partial charge in [0.15, 0.2) is 17.3 Å². The molecule has 3 aromatic rings. The number of ether oxygens (including phenoxy) is 3. The van der Waals surface area contributed by atoms with Crippen molar-refractivity contribution >= 4 is 17.5 Å². The molecule has 0 atom stereocenters. The molecule has 0 saturated heterocycles. The highest BCUT2D eigenvalue weighted by Crippen LogP contribution is 2.38. The molecule has 0 fully saturated rings. The van der Waals surface area contributed by atoms with Gasteiger partial charge in [0.2, 0.25) is 5.75 Å².